The first kappa shape index (κ1) is 17.2. The summed E-state index contributed by atoms with van der Waals surface area (Å²) >= 11 is 0. The van der Waals surface area contributed by atoms with Crippen LogP contribution >= 0.6 is 0 Å². The van der Waals surface area contributed by atoms with Crippen molar-refractivity contribution in [3.05, 3.63) is 30.1 Å². The molecule has 1 heterocycles. The molecule has 126 valence electrons. The highest BCUT2D eigenvalue weighted by atomic mass is 19.1. The van der Waals surface area contributed by atoms with Crippen LogP contribution in [-0.2, 0) is 19.1 Å². The third-order valence-corrected chi connectivity index (χ3v) is 4.01. The van der Waals surface area contributed by atoms with Gasteiger partial charge in [0.2, 0.25) is 0 Å². The number of methoxy groups -OCH3 is 2. The second kappa shape index (κ2) is 7.92. The number of rotatable bonds is 5. The SMILES string of the molecule is COC(=O)C[C@@H](C(=O)OC)N1CCN(c2ccc(F)cc2)CC1. The molecule has 7 heteroatoms. The van der Waals surface area contributed by atoms with Gasteiger partial charge in [0, 0.05) is 31.9 Å². The predicted molar refractivity (Wildman–Crippen MR) is 82.6 cm³/mol. The maximum atomic E-state index is 13.0. The third-order valence-electron chi connectivity index (χ3n) is 4.01. The van der Waals surface area contributed by atoms with Crippen LogP contribution in [0.2, 0.25) is 0 Å². The van der Waals surface area contributed by atoms with Crippen molar-refractivity contribution in [2.45, 2.75) is 12.5 Å². The van der Waals surface area contributed by atoms with Gasteiger partial charge in [0.25, 0.3) is 0 Å². The molecule has 1 atom stereocenters. The molecule has 1 aromatic carbocycles. The van der Waals surface area contributed by atoms with Crippen molar-refractivity contribution in [1.29, 1.82) is 0 Å². The number of anilines is 1. The summed E-state index contributed by atoms with van der Waals surface area (Å²) in [4.78, 5) is 27.5. The second-order valence-corrected chi connectivity index (χ2v) is 5.32. The van der Waals surface area contributed by atoms with Gasteiger partial charge >= 0.3 is 11.9 Å². The number of hydrogen-bond acceptors (Lipinski definition) is 6. The summed E-state index contributed by atoms with van der Waals surface area (Å²) in [5.74, 6) is -1.15. The average Bonchev–Trinajstić information content (AvgIpc) is 2.59. The maximum Gasteiger partial charge on any atom is 0.323 e. The fourth-order valence-electron chi connectivity index (χ4n) is 2.68. The number of piperazine rings is 1. The van der Waals surface area contributed by atoms with Gasteiger partial charge in [0.05, 0.1) is 20.6 Å². The normalized spacial score (nSPS) is 16.7. The third kappa shape index (κ3) is 4.41. The largest absolute Gasteiger partial charge is 0.469 e. The first-order chi connectivity index (χ1) is 11.0. The first-order valence-electron chi connectivity index (χ1n) is 7.44. The molecule has 1 aromatic rings. The molecule has 0 spiro atoms. The van der Waals surface area contributed by atoms with Crippen molar-refractivity contribution >= 4 is 17.6 Å². The molecule has 6 nitrogen and oxygen atoms in total. The van der Waals surface area contributed by atoms with E-state index in [1.165, 1.54) is 26.4 Å². The van der Waals surface area contributed by atoms with Crippen LogP contribution in [0.1, 0.15) is 6.42 Å². The van der Waals surface area contributed by atoms with Gasteiger partial charge in [-0.1, -0.05) is 0 Å². The molecule has 2 rings (SSSR count). The number of carbonyl (C=O) groups is 2. The number of ether oxygens (including phenoxy) is 2. The Kier molecular flexibility index (Phi) is 5.92. The molecule has 0 unspecified atom stereocenters. The summed E-state index contributed by atoms with van der Waals surface area (Å²) in [7, 11) is 2.60. The van der Waals surface area contributed by atoms with E-state index in [-0.39, 0.29) is 12.2 Å². The Balaban J connectivity index is 1.98. The van der Waals surface area contributed by atoms with E-state index in [0.717, 1.165) is 5.69 Å². The molecule has 0 radical (unpaired) electrons. The van der Waals surface area contributed by atoms with Crippen molar-refractivity contribution in [1.82, 2.24) is 4.90 Å². The molecule has 1 aliphatic heterocycles. The van der Waals surface area contributed by atoms with Crippen LogP contribution in [0, 0.1) is 5.82 Å². The number of benzene rings is 1. The average molecular weight is 324 g/mol. The molecule has 1 saturated heterocycles. The highest BCUT2D eigenvalue weighted by molar-refractivity contribution is 5.82. The molecule has 0 N–H and O–H groups in total. The lowest BCUT2D eigenvalue weighted by Crippen LogP contribution is -2.53. The summed E-state index contributed by atoms with van der Waals surface area (Å²) in [6.07, 6.45) is -0.0281. The Hall–Kier alpha value is -2.15. The fourth-order valence-corrected chi connectivity index (χ4v) is 2.68. The highest BCUT2D eigenvalue weighted by Crippen LogP contribution is 2.19. The van der Waals surface area contributed by atoms with E-state index in [1.54, 1.807) is 12.1 Å². The molecular formula is C16H21FN2O4. The summed E-state index contributed by atoms with van der Waals surface area (Å²) < 4.78 is 22.4. The van der Waals surface area contributed by atoms with Crippen molar-refractivity contribution in [3.63, 3.8) is 0 Å². The van der Waals surface area contributed by atoms with Crippen LogP contribution in [0.15, 0.2) is 24.3 Å². The Labute approximate surface area is 134 Å². The minimum atomic E-state index is -0.636. The summed E-state index contributed by atoms with van der Waals surface area (Å²) in [6, 6.07) is 5.68. The molecule has 0 aliphatic carbocycles. The number of esters is 2. The van der Waals surface area contributed by atoms with Crippen molar-refractivity contribution in [2.24, 2.45) is 0 Å². The van der Waals surface area contributed by atoms with E-state index in [9.17, 15) is 14.0 Å². The molecule has 1 aliphatic rings. The summed E-state index contributed by atoms with van der Waals surface area (Å²) in [5, 5.41) is 0. The molecule has 0 aromatic heterocycles. The molecule has 0 amide bonds. The zero-order valence-electron chi connectivity index (χ0n) is 13.3. The van der Waals surface area contributed by atoms with E-state index < -0.39 is 18.0 Å². The van der Waals surface area contributed by atoms with Crippen molar-refractivity contribution in [2.75, 3.05) is 45.3 Å². The maximum absolute atomic E-state index is 13.0. The molecular weight excluding hydrogens is 303 g/mol. The van der Waals surface area contributed by atoms with Crippen LogP contribution in [0.4, 0.5) is 10.1 Å². The summed E-state index contributed by atoms with van der Waals surface area (Å²) in [6.45, 7) is 2.57. The monoisotopic (exact) mass is 324 g/mol. The predicted octanol–water partition coefficient (Wildman–Crippen LogP) is 1.05. The van der Waals surface area contributed by atoms with Gasteiger partial charge in [-0.05, 0) is 24.3 Å². The van der Waals surface area contributed by atoms with Crippen LogP contribution in [-0.4, -0.2) is 63.3 Å². The van der Waals surface area contributed by atoms with E-state index >= 15 is 0 Å². The minimum Gasteiger partial charge on any atom is -0.469 e. The zero-order chi connectivity index (χ0) is 16.8. The first-order valence-corrected chi connectivity index (χ1v) is 7.44. The number of hydrogen-bond donors (Lipinski definition) is 0. The lowest BCUT2D eigenvalue weighted by molar-refractivity contribution is -0.153. The van der Waals surface area contributed by atoms with Crippen molar-refractivity contribution < 1.29 is 23.5 Å². The Morgan fingerprint density at radius 1 is 1.09 bits per heavy atom. The van der Waals surface area contributed by atoms with Gasteiger partial charge in [-0.15, -0.1) is 0 Å². The van der Waals surface area contributed by atoms with E-state index in [2.05, 4.69) is 9.64 Å². The Morgan fingerprint density at radius 2 is 1.70 bits per heavy atom. The van der Waals surface area contributed by atoms with Crippen LogP contribution in [0.5, 0.6) is 0 Å². The smallest absolute Gasteiger partial charge is 0.323 e. The fraction of sp³-hybridized carbons (Fsp3) is 0.500. The van der Waals surface area contributed by atoms with Gasteiger partial charge in [0.15, 0.2) is 0 Å². The standard InChI is InChI=1S/C16H21FN2O4/c1-22-15(20)11-14(16(21)23-2)19-9-7-18(8-10-19)13-5-3-12(17)4-6-13/h3-6,14H,7-11H2,1-2H3/t14-/m0/s1. The van der Waals surface area contributed by atoms with Crippen molar-refractivity contribution in [3.8, 4) is 0 Å². The Morgan fingerprint density at radius 3 is 2.22 bits per heavy atom. The van der Waals surface area contributed by atoms with Crippen LogP contribution in [0.3, 0.4) is 0 Å². The lowest BCUT2D eigenvalue weighted by Gasteiger charge is -2.38. The van der Waals surface area contributed by atoms with Gasteiger partial charge in [0.1, 0.15) is 11.9 Å². The molecule has 0 saturated carbocycles. The van der Waals surface area contributed by atoms with E-state index in [4.69, 9.17) is 4.74 Å². The van der Waals surface area contributed by atoms with Gasteiger partial charge < -0.3 is 14.4 Å². The minimum absolute atomic E-state index is 0.0281. The number of carbonyl (C=O) groups excluding carboxylic acids is 2. The topological polar surface area (TPSA) is 59.1 Å². The summed E-state index contributed by atoms with van der Waals surface area (Å²) in [5.41, 5.74) is 0.939. The zero-order valence-corrected chi connectivity index (χ0v) is 13.3. The van der Waals surface area contributed by atoms with E-state index in [0.29, 0.717) is 26.2 Å². The lowest BCUT2D eigenvalue weighted by atomic mass is 10.1. The van der Waals surface area contributed by atoms with E-state index in [1.807, 2.05) is 4.90 Å². The molecule has 0 bridgehead atoms. The van der Waals surface area contributed by atoms with Crippen LogP contribution < -0.4 is 4.90 Å². The second-order valence-electron chi connectivity index (χ2n) is 5.32. The van der Waals surface area contributed by atoms with Gasteiger partial charge in [-0.3, -0.25) is 14.5 Å². The molecule has 23 heavy (non-hydrogen) atoms. The Bertz CT molecular complexity index is 542. The highest BCUT2D eigenvalue weighted by Gasteiger charge is 2.32. The number of halogens is 1. The van der Waals surface area contributed by atoms with Gasteiger partial charge in [-0.2, -0.15) is 0 Å². The quantitative estimate of drug-likeness (QED) is 0.755. The molecule has 1 fully saturated rings. The van der Waals surface area contributed by atoms with Crippen LogP contribution in [0.25, 0.3) is 0 Å². The van der Waals surface area contributed by atoms with Gasteiger partial charge in [-0.25, -0.2) is 4.39 Å². The number of nitrogens with zero attached hydrogens (tertiary/aromatic N) is 2.